The number of aldehydes is 1. The second-order valence-electron chi connectivity index (χ2n) is 6.32. The molecule has 22 heavy (non-hydrogen) atoms. The van der Waals surface area contributed by atoms with E-state index in [1.54, 1.807) is 0 Å². The molecule has 0 aromatic carbocycles. The first kappa shape index (κ1) is 15.2. The summed E-state index contributed by atoms with van der Waals surface area (Å²) in [4.78, 5) is 21.0. The van der Waals surface area contributed by atoms with Gasteiger partial charge in [-0.1, -0.05) is 19.3 Å². The number of rotatable bonds is 4. The van der Waals surface area contributed by atoms with E-state index in [1.807, 2.05) is 4.90 Å². The average Bonchev–Trinajstić information content (AvgIpc) is 2.58. The van der Waals surface area contributed by atoms with E-state index in [-0.39, 0.29) is 11.7 Å². The van der Waals surface area contributed by atoms with Gasteiger partial charge in [0.1, 0.15) is 12.6 Å². The predicted molar refractivity (Wildman–Crippen MR) is 83.5 cm³/mol. The van der Waals surface area contributed by atoms with E-state index in [9.17, 15) is 9.18 Å². The molecule has 2 heterocycles. The van der Waals surface area contributed by atoms with Crippen molar-refractivity contribution in [1.82, 2.24) is 9.97 Å². The van der Waals surface area contributed by atoms with Gasteiger partial charge in [0.2, 0.25) is 5.82 Å². The van der Waals surface area contributed by atoms with Crippen molar-refractivity contribution in [3.8, 4) is 0 Å². The molecule has 0 bridgehead atoms. The van der Waals surface area contributed by atoms with E-state index >= 15 is 0 Å². The second-order valence-corrected chi connectivity index (χ2v) is 6.32. The average molecular weight is 306 g/mol. The predicted octanol–water partition coefficient (Wildman–Crippen LogP) is 2.78. The van der Waals surface area contributed by atoms with Crippen LogP contribution in [0.1, 0.15) is 44.9 Å². The maximum Gasteiger partial charge on any atom is 0.207 e. The summed E-state index contributed by atoms with van der Waals surface area (Å²) in [5.74, 6) is 0.197. The maximum atomic E-state index is 14.7. The number of hydrogen-bond donors (Lipinski definition) is 1. The van der Waals surface area contributed by atoms with Gasteiger partial charge in [-0.15, -0.1) is 0 Å². The Morgan fingerprint density at radius 2 is 2.00 bits per heavy atom. The molecule has 1 aliphatic heterocycles. The van der Waals surface area contributed by atoms with Crippen molar-refractivity contribution >= 4 is 17.9 Å². The lowest BCUT2D eigenvalue weighted by molar-refractivity contribution is -0.111. The molecule has 1 saturated carbocycles. The molecule has 1 aromatic rings. The third-order valence-corrected chi connectivity index (χ3v) is 4.67. The van der Waals surface area contributed by atoms with Crippen LogP contribution in [-0.4, -0.2) is 35.4 Å². The molecule has 0 radical (unpaired) electrons. The van der Waals surface area contributed by atoms with Crippen LogP contribution < -0.4 is 10.2 Å². The first-order chi connectivity index (χ1) is 10.8. The maximum absolute atomic E-state index is 14.7. The molecule has 0 spiro atoms. The quantitative estimate of drug-likeness (QED) is 0.867. The van der Waals surface area contributed by atoms with E-state index in [0.717, 1.165) is 38.5 Å². The minimum Gasteiger partial charge on any atom is -0.365 e. The van der Waals surface area contributed by atoms with Crippen LogP contribution in [0.3, 0.4) is 0 Å². The summed E-state index contributed by atoms with van der Waals surface area (Å²) in [5.41, 5.74) is 0. The Morgan fingerprint density at radius 3 is 2.77 bits per heavy atom. The lowest BCUT2D eigenvalue weighted by atomic mass is 9.95. The van der Waals surface area contributed by atoms with Gasteiger partial charge >= 0.3 is 0 Å². The molecule has 5 nitrogen and oxygen atoms in total. The van der Waals surface area contributed by atoms with Gasteiger partial charge in [0.25, 0.3) is 0 Å². The molecule has 1 saturated heterocycles. The fourth-order valence-corrected chi connectivity index (χ4v) is 3.44. The molecule has 1 aliphatic carbocycles. The summed E-state index contributed by atoms with van der Waals surface area (Å²) in [6.07, 6.45) is 9.90. The van der Waals surface area contributed by atoms with Crippen molar-refractivity contribution in [2.75, 3.05) is 23.3 Å². The van der Waals surface area contributed by atoms with Gasteiger partial charge in [0, 0.05) is 25.0 Å². The molecule has 1 atom stereocenters. The van der Waals surface area contributed by atoms with E-state index in [2.05, 4.69) is 15.3 Å². The zero-order valence-electron chi connectivity index (χ0n) is 12.8. The summed E-state index contributed by atoms with van der Waals surface area (Å²) in [5, 5.41) is 3.23. The normalized spacial score (nSPS) is 23.3. The van der Waals surface area contributed by atoms with Crippen LogP contribution in [0.15, 0.2) is 6.33 Å². The Kier molecular flexibility index (Phi) is 4.85. The number of carbonyl (C=O) groups is 1. The minimum atomic E-state index is -0.389. The number of nitrogens with zero attached hydrogens (tertiary/aromatic N) is 3. The smallest absolute Gasteiger partial charge is 0.207 e. The van der Waals surface area contributed by atoms with Gasteiger partial charge < -0.3 is 15.0 Å². The van der Waals surface area contributed by atoms with Crippen molar-refractivity contribution in [2.24, 2.45) is 5.92 Å². The van der Waals surface area contributed by atoms with Gasteiger partial charge in [-0.05, 0) is 25.7 Å². The van der Waals surface area contributed by atoms with Gasteiger partial charge in [-0.25, -0.2) is 9.97 Å². The Labute approximate surface area is 130 Å². The molecule has 1 aromatic heterocycles. The molecule has 120 valence electrons. The minimum absolute atomic E-state index is 0.0298. The number of aromatic nitrogens is 2. The van der Waals surface area contributed by atoms with Crippen LogP contribution in [0.5, 0.6) is 0 Å². The van der Waals surface area contributed by atoms with Gasteiger partial charge in [-0.2, -0.15) is 4.39 Å². The summed E-state index contributed by atoms with van der Waals surface area (Å²) in [6.45, 7) is 1.28. The van der Waals surface area contributed by atoms with E-state index < -0.39 is 0 Å². The fraction of sp³-hybridized carbons (Fsp3) is 0.688. The number of anilines is 2. The van der Waals surface area contributed by atoms with Crippen molar-refractivity contribution in [2.45, 2.75) is 51.0 Å². The monoisotopic (exact) mass is 306 g/mol. The molecule has 1 N–H and O–H groups in total. The summed E-state index contributed by atoms with van der Waals surface area (Å²) in [6, 6.07) is 0.301. The van der Waals surface area contributed by atoms with Crippen LogP contribution in [0.2, 0.25) is 0 Å². The summed E-state index contributed by atoms with van der Waals surface area (Å²) >= 11 is 0. The van der Waals surface area contributed by atoms with Crippen LogP contribution in [0.25, 0.3) is 0 Å². The Hall–Kier alpha value is -1.72. The van der Waals surface area contributed by atoms with Crippen LogP contribution in [0.4, 0.5) is 16.0 Å². The summed E-state index contributed by atoms with van der Waals surface area (Å²) < 4.78 is 14.7. The molecule has 6 heteroatoms. The lowest BCUT2D eigenvalue weighted by Crippen LogP contribution is -2.37. The number of carbonyl (C=O) groups excluding carboxylic acids is 1. The van der Waals surface area contributed by atoms with E-state index in [0.29, 0.717) is 24.2 Å². The topological polar surface area (TPSA) is 58.1 Å². The number of halogens is 1. The van der Waals surface area contributed by atoms with Gasteiger partial charge in [0.05, 0.1) is 0 Å². The second kappa shape index (κ2) is 7.03. The molecule has 1 unspecified atom stereocenters. The highest BCUT2D eigenvalue weighted by atomic mass is 19.1. The van der Waals surface area contributed by atoms with E-state index in [4.69, 9.17) is 0 Å². The molecule has 0 amide bonds. The Bertz CT molecular complexity index is 519. The molecular weight excluding hydrogens is 283 g/mol. The molecule has 2 fully saturated rings. The lowest BCUT2D eigenvalue weighted by Gasteiger charge is -2.31. The molecule has 2 aliphatic rings. The first-order valence-electron chi connectivity index (χ1n) is 8.25. The zero-order valence-corrected chi connectivity index (χ0v) is 12.8. The number of piperidine rings is 1. The van der Waals surface area contributed by atoms with Crippen molar-refractivity contribution in [3.63, 3.8) is 0 Å². The number of hydrogen-bond acceptors (Lipinski definition) is 5. The third-order valence-electron chi connectivity index (χ3n) is 4.67. The highest BCUT2D eigenvalue weighted by Gasteiger charge is 2.25. The van der Waals surface area contributed by atoms with Crippen LogP contribution >= 0.6 is 0 Å². The van der Waals surface area contributed by atoms with Crippen molar-refractivity contribution in [1.29, 1.82) is 0 Å². The highest BCUT2D eigenvalue weighted by molar-refractivity contribution is 5.57. The standard InChI is InChI=1S/C16H23FN4O/c17-14-15(20-13-6-2-1-3-7-13)18-11-19-16(14)21-8-4-5-12(9-21)10-22/h10-13H,1-9H2,(H,18,19,20). The summed E-state index contributed by atoms with van der Waals surface area (Å²) in [7, 11) is 0. The van der Waals surface area contributed by atoms with Gasteiger partial charge in [0.15, 0.2) is 11.6 Å². The SMILES string of the molecule is O=CC1CCCN(c2ncnc(NC3CCCCC3)c2F)C1. The molecule has 3 rings (SSSR count). The van der Waals surface area contributed by atoms with Crippen molar-refractivity contribution < 1.29 is 9.18 Å². The molecular formula is C16H23FN4O. The van der Waals surface area contributed by atoms with Gasteiger partial charge in [-0.3, -0.25) is 0 Å². The first-order valence-corrected chi connectivity index (χ1v) is 8.25. The largest absolute Gasteiger partial charge is 0.365 e. The van der Waals surface area contributed by atoms with Crippen LogP contribution in [-0.2, 0) is 4.79 Å². The third kappa shape index (κ3) is 3.36. The Balaban J connectivity index is 1.74. The van der Waals surface area contributed by atoms with Crippen LogP contribution in [0, 0.1) is 11.7 Å². The van der Waals surface area contributed by atoms with E-state index in [1.165, 1.54) is 25.6 Å². The van der Waals surface area contributed by atoms with Crippen molar-refractivity contribution in [3.05, 3.63) is 12.1 Å². The fourth-order valence-electron chi connectivity index (χ4n) is 3.44. The number of nitrogens with one attached hydrogen (secondary N) is 1. The zero-order chi connectivity index (χ0) is 15.4. The Morgan fingerprint density at radius 1 is 1.18 bits per heavy atom. The highest BCUT2D eigenvalue weighted by Crippen LogP contribution is 2.28.